The quantitative estimate of drug-likeness (QED) is 0.0678. The Kier molecular flexibility index (Phi) is 10.5. The normalized spacial score (nSPS) is 16.8. The Morgan fingerprint density at radius 3 is 2.60 bits per heavy atom. The number of aliphatic hydroxyl groups excluding tert-OH is 1. The molecule has 0 saturated carbocycles. The van der Waals surface area contributed by atoms with E-state index in [4.69, 9.17) is 4.42 Å². The van der Waals surface area contributed by atoms with Crippen molar-refractivity contribution in [3.63, 3.8) is 0 Å². The summed E-state index contributed by atoms with van der Waals surface area (Å²) in [5, 5.41) is 27.2. The lowest BCUT2D eigenvalue weighted by Gasteiger charge is -2.50. The van der Waals surface area contributed by atoms with Gasteiger partial charge in [-0.05, 0) is 111 Å². The van der Waals surface area contributed by atoms with E-state index in [1.54, 1.807) is 54.3 Å². The highest BCUT2D eigenvalue weighted by atomic mass is 19.1. The first-order chi connectivity index (χ1) is 26.4. The number of aromatic amines is 1. The van der Waals surface area contributed by atoms with Gasteiger partial charge in [0.2, 0.25) is 0 Å². The Labute approximate surface area is 322 Å². The molecule has 2 aromatic heterocycles. The van der Waals surface area contributed by atoms with Crippen molar-refractivity contribution in [2.75, 3.05) is 50.1 Å². The lowest BCUT2D eigenvalue weighted by atomic mass is 9.74. The van der Waals surface area contributed by atoms with Crippen LogP contribution in [0.1, 0.15) is 64.0 Å². The fourth-order valence-corrected chi connectivity index (χ4v) is 7.73. The second kappa shape index (κ2) is 15.3. The van der Waals surface area contributed by atoms with Gasteiger partial charge in [-0.2, -0.15) is 0 Å². The summed E-state index contributed by atoms with van der Waals surface area (Å²) in [4.78, 5) is 39.0. The number of aromatic nitrogens is 2. The molecule has 5 N–H and O–H groups in total. The van der Waals surface area contributed by atoms with Crippen LogP contribution in [0, 0.1) is 11.2 Å². The zero-order valence-electron chi connectivity index (χ0n) is 31.6. The first-order valence-electron chi connectivity index (χ1n) is 18.7. The maximum atomic E-state index is 14.4. The van der Waals surface area contributed by atoms with Crippen molar-refractivity contribution in [3.8, 4) is 11.3 Å². The highest BCUT2D eigenvalue weighted by Gasteiger charge is 2.41. The lowest BCUT2D eigenvalue weighted by molar-refractivity contribution is -0.113. The molecule has 55 heavy (non-hydrogen) atoms. The molecule has 290 valence electrons. The van der Waals surface area contributed by atoms with Gasteiger partial charge in [0.15, 0.2) is 11.4 Å². The molecule has 0 radical (unpaired) electrons. The van der Waals surface area contributed by atoms with Crippen LogP contribution >= 0.6 is 0 Å². The van der Waals surface area contributed by atoms with E-state index in [2.05, 4.69) is 32.4 Å². The van der Waals surface area contributed by atoms with Gasteiger partial charge in [-0.3, -0.25) is 14.5 Å². The molecule has 12 heteroatoms. The SMILES string of the molecule is CCC1(CCO)CN(C/C(=C\C(C)=C/NC)C(=O)Nc2ccc(C(=O)N3CCc4cc(C(C)(O)c5nc6c(F)cccc6[nH]5)oc4-c4ccccc43)cc2)C1.[HH].[HH]. The van der Waals surface area contributed by atoms with Crippen LogP contribution in [0.4, 0.5) is 15.8 Å². The molecule has 2 amide bonds. The van der Waals surface area contributed by atoms with E-state index in [0.717, 1.165) is 37.1 Å². The van der Waals surface area contributed by atoms with E-state index < -0.39 is 11.4 Å². The van der Waals surface area contributed by atoms with Crippen LogP contribution in [0.25, 0.3) is 22.4 Å². The molecule has 0 spiro atoms. The molecule has 1 saturated heterocycles. The lowest BCUT2D eigenvalue weighted by Crippen LogP contribution is -2.57. The number of aliphatic hydroxyl groups is 2. The summed E-state index contributed by atoms with van der Waals surface area (Å²) in [5.74, 6) is 0.0201. The summed E-state index contributed by atoms with van der Waals surface area (Å²) >= 11 is 0. The molecule has 4 heterocycles. The van der Waals surface area contributed by atoms with Gasteiger partial charge in [0.05, 0.1) is 11.2 Å². The molecule has 3 aromatic carbocycles. The van der Waals surface area contributed by atoms with Crippen LogP contribution in [0.5, 0.6) is 0 Å². The van der Waals surface area contributed by atoms with Crippen LogP contribution in [0.15, 0.2) is 101 Å². The van der Waals surface area contributed by atoms with Gasteiger partial charge < -0.3 is 35.1 Å². The van der Waals surface area contributed by atoms with Crippen LogP contribution < -0.4 is 15.5 Å². The van der Waals surface area contributed by atoms with Gasteiger partial charge in [-0.1, -0.05) is 25.1 Å². The number of H-pyrrole nitrogens is 1. The summed E-state index contributed by atoms with van der Waals surface area (Å²) in [7, 11) is 1.82. The molecule has 2 aliphatic rings. The fraction of sp³-hybridized carbons (Fsp3) is 0.326. The third-order valence-electron chi connectivity index (χ3n) is 10.9. The molecule has 1 unspecified atom stereocenters. The first kappa shape index (κ1) is 37.7. The summed E-state index contributed by atoms with van der Waals surface area (Å²) in [6.45, 7) is 8.27. The number of allylic oxidation sites excluding steroid dienone is 2. The van der Waals surface area contributed by atoms with Crippen LogP contribution in [-0.4, -0.2) is 76.7 Å². The Bertz CT molecular complexity index is 2290. The van der Waals surface area contributed by atoms with E-state index in [-0.39, 0.29) is 43.8 Å². The predicted molar refractivity (Wildman–Crippen MR) is 215 cm³/mol. The number of carbonyl (C=O) groups is 2. The predicted octanol–water partition coefficient (Wildman–Crippen LogP) is 7.00. The molecular formula is C43H51FN6O5. The standard InChI is InChI=1S/C43H47FN6O5.2H2/c1-5-43(18-20-51)25-49(26-43)24-30(21-27(2)23-45-4)39(52)46-31-15-13-28(14-16-31)40(53)50-19-17-29-22-36(55-38(29)32-9-6-7-12-35(32)50)42(3,54)41-47-34-11-8-10-33(44)37(34)48-41;;/h6-16,21-23,45,51,54H,5,17-20,24-26H2,1-4H3,(H,46,52)(H,47,48);2*1H/b27-23-,30-21+;;. The number of benzene rings is 3. The van der Waals surface area contributed by atoms with Crippen molar-refractivity contribution >= 4 is 34.2 Å². The Balaban J connectivity index is 0.00000310. The molecule has 0 bridgehead atoms. The van der Waals surface area contributed by atoms with Gasteiger partial charge in [-0.25, -0.2) is 9.37 Å². The van der Waals surface area contributed by atoms with Crippen molar-refractivity contribution in [1.82, 2.24) is 20.2 Å². The largest absolute Gasteiger partial charge is 0.457 e. The average molecular weight is 751 g/mol. The van der Waals surface area contributed by atoms with Crippen molar-refractivity contribution in [2.45, 2.75) is 45.6 Å². The zero-order chi connectivity index (χ0) is 38.9. The third kappa shape index (κ3) is 7.45. The number of halogens is 1. The van der Waals surface area contributed by atoms with E-state index in [1.165, 1.54) is 6.07 Å². The van der Waals surface area contributed by atoms with Gasteiger partial charge in [0.25, 0.3) is 11.8 Å². The summed E-state index contributed by atoms with van der Waals surface area (Å²) in [6, 6.07) is 20.7. The Hall–Kier alpha value is -5.56. The number of imidazole rings is 1. The van der Waals surface area contributed by atoms with Crippen LogP contribution in [0.3, 0.4) is 0 Å². The minimum absolute atomic E-state index is 0. The van der Waals surface area contributed by atoms with E-state index in [0.29, 0.717) is 58.9 Å². The number of anilines is 2. The molecular weight excluding hydrogens is 700 g/mol. The summed E-state index contributed by atoms with van der Waals surface area (Å²) < 4.78 is 20.8. The monoisotopic (exact) mass is 750 g/mol. The number of para-hydroxylation sites is 2. The minimum Gasteiger partial charge on any atom is -0.457 e. The number of nitrogens with zero attached hydrogens (tertiary/aromatic N) is 3. The number of carbonyl (C=O) groups excluding carboxylic acids is 2. The van der Waals surface area contributed by atoms with Crippen molar-refractivity contribution in [2.24, 2.45) is 5.41 Å². The highest BCUT2D eigenvalue weighted by Crippen LogP contribution is 2.42. The first-order valence-corrected chi connectivity index (χ1v) is 18.7. The number of fused-ring (bicyclic) bond motifs is 4. The van der Waals surface area contributed by atoms with Crippen LogP contribution in [-0.2, 0) is 16.8 Å². The van der Waals surface area contributed by atoms with Crippen molar-refractivity contribution < 1.29 is 31.5 Å². The number of likely N-dealkylation sites (tertiary alicyclic amines) is 1. The molecule has 0 aliphatic carbocycles. The molecule has 1 fully saturated rings. The second-order valence-electron chi connectivity index (χ2n) is 14.8. The maximum Gasteiger partial charge on any atom is 0.258 e. The fourth-order valence-electron chi connectivity index (χ4n) is 7.73. The summed E-state index contributed by atoms with van der Waals surface area (Å²) in [6.07, 6.45) is 5.90. The number of hydrogen-bond donors (Lipinski definition) is 5. The molecule has 7 rings (SSSR count). The van der Waals surface area contributed by atoms with E-state index >= 15 is 0 Å². The van der Waals surface area contributed by atoms with Gasteiger partial charge in [-0.15, -0.1) is 0 Å². The topological polar surface area (TPSA) is 147 Å². The number of hydrogen-bond acceptors (Lipinski definition) is 8. The van der Waals surface area contributed by atoms with Crippen molar-refractivity contribution in [1.29, 1.82) is 0 Å². The number of amides is 2. The second-order valence-corrected chi connectivity index (χ2v) is 14.8. The zero-order valence-corrected chi connectivity index (χ0v) is 31.6. The number of nitrogens with one attached hydrogen (secondary N) is 3. The molecule has 5 aromatic rings. The van der Waals surface area contributed by atoms with Crippen molar-refractivity contribution in [3.05, 3.63) is 125 Å². The van der Waals surface area contributed by atoms with Crippen LogP contribution in [0.2, 0.25) is 0 Å². The Morgan fingerprint density at radius 2 is 1.89 bits per heavy atom. The smallest absolute Gasteiger partial charge is 0.258 e. The minimum atomic E-state index is -1.69. The van der Waals surface area contributed by atoms with E-state index in [9.17, 15) is 24.2 Å². The van der Waals surface area contributed by atoms with Gasteiger partial charge in [0.1, 0.15) is 22.9 Å². The molecule has 11 nitrogen and oxygen atoms in total. The molecule has 2 aliphatic heterocycles. The Morgan fingerprint density at radius 1 is 1.13 bits per heavy atom. The molecule has 1 atom stereocenters. The van der Waals surface area contributed by atoms with Gasteiger partial charge >= 0.3 is 0 Å². The maximum absolute atomic E-state index is 14.4. The number of furan rings is 1. The number of rotatable bonds is 12. The van der Waals surface area contributed by atoms with E-state index in [1.807, 2.05) is 50.5 Å². The summed E-state index contributed by atoms with van der Waals surface area (Å²) in [5.41, 5.74) is 3.72. The highest BCUT2D eigenvalue weighted by molar-refractivity contribution is 6.09. The average Bonchev–Trinajstić information content (AvgIpc) is 3.78. The van der Waals surface area contributed by atoms with Gasteiger partial charge in [0, 0.05) is 70.6 Å². The third-order valence-corrected chi connectivity index (χ3v) is 10.9.